The first-order chi connectivity index (χ1) is 4.84. The van der Waals surface area contributed by atoms with Crippen LogP contribution in [0.15, 0.2) is 18.5 Å². The first-order valence-electron chi connectivity index (χ1n) is 3.17. The predicted octanol–water partition coefficient (Wildman–Crippen LogP) is 1.13. The Morgan fingerprint density at radius 3 is 3.10 bits per heavy atom. The molecule has 1 rings (SSSR count). The van der Waals surface area contributed by atoms with E-state index >= 15 is 0 Å². The topological polar surface area (TPSA) is 30.0 Å². The Morgan fingerprint density at radius 1 is 1.70 bits per heavy atom. The maximum atomic E-state index is 10.1. The first kappa shape index (κ1) is 6.93. The van der Waals surface area contributed by atoms with Crippen molar-refractivity contribution in [2.75, 3.05) is 0 Å². The Balaban J connectivity index is 2.91. The lowest BCUT2D eigenvalue weighted by Crippen LogP contribution is -1.90. The SMILES string of the molecule is Cc1cnccc1CC=O. The van der Waals surface area contributed by atoms with Crippen LogP contribution in [0.3, 0.4) is 0 Å². The van der Waals surface area contributed by atoms with Crippen molar-refractivity contribution in [2.24, 2.45) is 0 Å². The van der Waals surface area contributed by atoms with Crippen LogP contribution < -0.4 is 0 Å². The van der Waals surface area contributed by atoms with Gasteiger partial charge in [0, 0.05) is 18.8 Å². The number of aryl methyl sites for hydroxylation is 1. The number of carbonyl (C=O) groups is 1. The van der Waals surface area contributed by atoms with E-state index in [9.17, 15) is 4.79 Å². The Kier molecular flexibility index (Phi) is 2.15. The Labute approximate surface area is 59.9 Å². The molecule has 0 bridgehead atoms. The summed E-state index contributed by atoms with van der Waals surface area (Å²) in [5, 5.41) is 0. The van der Waals surface area contributed by atoms with Crippen LogP contribution in [0.25, 0.3) is 0 Å². The van der Waals surface area contributed by atoms with E-state index in [2.05, 4.69) is 4.98 Å². The molecule has 2 nitrogen and oxygen atoms in total. The molecule has 0 radical (unpaired) electrons. The summed E-state index contributed by atoms with van der Waals surface area (Å²) in [6.45, 7) is 1.95. The highest BCUT2D eigenvalue weighted by Gasteiger charge is 1.93. The van der Waals surface area contributed by atoms with Crippen molar-refractivity contribution < 1.29 is 4.79 Å². The van der Waals surface area contributed by atoms with Crippen molar-refractivity contribution in [3.63, 3.8) is 0 Å². The summed E-state index contributed by atoms with van der Waals surface area (Å²) < 4.78 is 0. The number of pyridine rings is 1. The minimum absolute atomic E-state index is 0.494. The van der Waals surface area contributed by atoms with Crippen molar-refractivity contribution in [1.82, 2.24) is 4.98 Å². The average Bonchev–Trinajstić information content (AvgIpc) is 1.94. The van der Waals surface area contributed by atoms with Gasteiger partial charge in [0.25, 0.3) is 0 Å². The molecular formula is C8H9NO. The molecule has 0 unspecified atom stereocenters. The van der Waals surface area contributed by atoms with E-state index in [1.54, 1.807) is 12.4 Å². The molecule has 10 heavy (non-hydrogen) atoms. The second-order valence-corrected chi connectivity index (χ2v) is 2.17. The van der Waals surface area contributed by atoms with Gasteiger partial charge in [-0.2, -0.15) is 0 Å². The van der Waals surface area contributed by atoms with E-state index in [0.29, 0.717) is 6.42 Å². The van der Waals surface area contributed by atoms with Gasteiger partial charge in [-0.05, 0) is 24.1 Å². The minimum Gasteiger partial charge on any atom is -0.303 e. The molecule has 0 atom stereocenters. The molecule has 0 aliphatic carbocycles. The molecule has 2 heteroatoms. The molecule has 0 aromatic carbocycles. The van der Waals surface area contributed by atoms with Gasteiger partial charge < -0.3 is 4.79 Å². The van der Waals surface area contributed by atoms with Crippen molar-refractivity contribution in [3.05, 3.63) is 29.6 Å². The highest BCUT2D eigenvalue weighted by molar-refractivity contribution is 5.55. The first-order valence-corrected chi connectivity index (χ1v) is 3.17. The van der Waals surface area contributed by atoms with Crippen LogP contribution in [0, 0.1) is 6.92 Å². The maximum Gasteiger partial charge on any atom is 0.124 e. The zero-order valence-electron chi connectivity index (χ0n) is 5.87. The number of rotatable bonds is 2. The zero-order valence-corrected chi connectivity index (χ0v) is 5.87. The van der Waals surface area contributed by atoms with Crippen LogP contribution in [0.2, 0.25) is 0 Å². The molecular weight excluding hydrogens is 126 g/mol. The quantitative estimate of drug-likeness (QED) is 0.569. The molecule has 0 saturated heterocycles. The van der Waals surface area contributed by atoms with Gasteiger partial charge in [-0.25, -0.2) is 0 Å². The van der Waals surface area contributed by atoms with E-state index in [1.165, 1.54) is 0 Å². The highest BCUT2D eigenvalue weighted by atomic mass is 16.1. The average molecular weight is 135 g/mol. The van der Waals surface area contributed by atoms with Crippen LogP contribution in [0.4, 0.5) is 0 Å². The molecule has 1 aromatic rings. The van der Waals surface area contributed by atoms with E-state index in [1.807, 2.05) is 13.0 Å². The van der Waals surface area contributed by atoms with E-state index in [-0.39, 0.29) is 0 Å². The predicted molar refractivity (Wildman–Crippen MR) is 38.7 cm³/mol. The van der Waals surface area contributed by atoms with Gasteiger partial charge in [0.2, 0.25) is 0 Å². The molecule has 0 N–H and O–H groups in total. The fourth-order valence-electron chi connectivity index (χ4n) is 0.821. The fraction of sp³-hybridized carbons (Fsp3) is 0.250. The Hall–Kier alpha value is -1.18. The fourth-order valence-corrected chi connectivity index (χ4v) is 0.821. The molecule has 0 saturated carbocycles. The molecule has 52 valence electrons. The lowest BCUT2D eigenvalue weighted by molar-refractivity contribution is -0.107. The summed E-state index contributed by atoms with van der Waals surface area (Å²) in [4.78, 5) is 14.0. The summed E-state index contributed by atoms with van der Waals surface area (Å²) in [7, 11) is 0. The van der Waals surface area contributed by atoms with E-state index in [0.717, 1.165) is 17.4 Å². The van der Waals surface area contributed by atoms with Crippen molar-refractivity contribution in [1.29, 1.82) is 0 Å². The third-order valence-corrected chi connectivity index (χ3v) is 1.44. The number of nitrogens with zero attached hydrogens (tertiary/aromatic N) is 1. The number of carbonyl (C=O) groups excluding carboxylic acids is 1. The minimum atomic E-state index is 0.494. The summed E-state index contributed by atoms with van der Waals surface area (Å²) in [6.07, 6.45) is 4.86. The number of aldehydes is 1. The van der Waals surface area contributed by atoms with Gasteiger partial charge in [0.1, 0.15) is 6.29 Å². The summed E-state index contributed by atoms with van der Waals surface area (Å²) in [5.74, 6) is 0. The van der Waals surface area contributed by atoms with E-state index in [4.69, 9.17) is 0 Å². The van der Waals surface area contributed by atoms with Crippen LogP contribution in [-0.2, 0) is 11.2 Å². The summed E-state index contributed by atoms with van der Waals surface area (Å²) >= 11 is 0. The molecule has 0 aliphatic rings. The van der Waals surface area contributed by atoms with E-state index < -0.39 is 0 Å². The van der Waals surface area contributed by atoms with Crippen LogP contribution >= 0.6 is 0 Å². The standard InChI is InChI=1S/C8H9NO/c1-7-6-9-4-2-8(7)3-5-10/h2,4-6H,3H2,1H3. The van der Waals surface area contributed by atoms with Crippen molar-refractivity contribution in [3.8, 4) is 0 Å². The lowest BCUT2D eigenvalue weighted by Gasteiger charge is -1.97. The van der Waals surface area contributed by atoms with Crippen LogP contribution in [-0.4, -0.2) is 11.3 Å². The van der Waals surface area contributed by atoms with Crippen molar-refractivity contribution in [2.45, 2.75) is 13.3 Å². The molecule has 1 heterocycles. The maximum absolute atomic E-state index is 10.1. The smallest absolute Gasteiger partial charge is 0.124 e. The monoisotopic (exact) mass is 135 g/mol. The summed E-state index contributed by atoms with van der Waals surface area (Å²) in [5.41, 5.74) is 2.14. The second kappa shape index (κ2) is 3.11. The number of aromatic nitrogens is 1. The Bertz CT molecular complexity index is 232. The number of hydrogen-bond donors (Lipinski definition) is 0. The van der Waals surface area contributed by atoms with Gasteiger partial charge in [0.15, 0.2) is 0 Å². The third kappa shape index (κ3) is 1.41. The molecule has 0 fully saturated rings. The lowest BCUT2D eigenvalue weighted by atomic mass is 10.1. The van der Waals surface area contributed by atoms with Gasteiger partial charge >= 0.3 is 0 Å². The van der Waals surface area contributed by atoms with Gasteiger partial charge in [-0.15, -0.1) is 0 Å². The molecule has 0 spiro atoms. The van der Waals surface area contributed by atoms with Gasteiger partial charge in [-0.3, -0.25) is 4.98 Å². The molecule has 0 amide bonds. The Morgan fingerprint density at radius 2 is 2.50 bits per heavy atom. The van der Waals surface area contributed by atoms with Crippen molar-refractivity contribution >= 4 is 6.29 Å². The van der Waals surface area contributed by atoms with Crippen LogP contribution in [0.1, 0.15) is 11.1 Å². The van der Waals surface area contributed by atoms with Crippen LogP contribution in [0.5, 0.6) is 0 Å². The highest BCUT2D eigenvalue weighted by Crippen LogP contribution is 2.03. The number of hydrogen-bond acceptors (Lipinski definition) is 2. The third-order valence-electron chi connectivity index (χ3n) is 1.44. The summed E-state index contributed by atoms with van der Waals surface area (Å²) in [6, 6.07) is 1.86. The molecule has 0 aliphatic heterocycles. The zero-order chi connectivity index (χ0) is 7.40. The van der Waals surface area contributed by atoms with Gasteiger partial charge in [0.05, 0.1) is 0 Å². The van der Waals surface area contributed by atoms with Gasteiger partial charge in [-0.1, -0.05) is 0 Å². The normalized spacial score (nSPS) is 9.30. The second-order valence-electron chi connectivity index (χ2n) is 2.17. The largest absolute Gasteiger partial charge is 0.303 e. The molecule has 1 aromatic heterocycles.